The topological polar surface area (TPSA) is 12.4 Å². The minimum atomic E-state index is -1.24. The fourth-order valence-electron chi connectivity index (χ4n) is 11.1. The van der Waals surface area contributed by atoms with E-state index < -0.39 is 8.24 Å². The fourth-order valence-corrected chi connectivity index (χ4v) is 13.5. The highest BCUT2D eigenvalue weighted by Crippen LogP contribution is 2.72. The van der Waals surface area contributed by atoms with Gasteiger partial charge in [-0.2, -0.15) is 0 Å². The molecule has 0 atom stereocenters. The Bertz CT molecular complexity index is 577. The van der Waals surface area contributed by atoms with E-state index in [-0.39, 0.29) is 0 Å². The second-order valence-electron chi connectivity index (χ2n) is 14.4. The Balaban J connectivity index is 1.26. The molecule has 1 nitrogen and oxygen atoms in total. The zero-order valence-electron chi connectivity index (χ0n) is 20.0. The van der Waals surface area contributed by atoms with E-state index in [9.17, 15) is 0 Å². The summed E-state index contributed by atoms with van der Waals surface area (Å²) in [5.74, 6) is 7.79. The highest BCUT2D eigenvalue weighted by molar-refractivity contribution is 7.29. The maximum absolute atomic E-state index is 5.05. The first-order chi connectivity index (χ1) is 14.3. The molecule has 0 amide bonds. The Labute approximate surface area is 188 Å². The zero-order chi connectivity index (χ0) is 20.6. The number of hydrogen-bond donors (Lipinski definition) is 0. The fraction of sp³-hybridized carbons (Fsp3) is 1.00. The van der Waals surface area contributed by atoms with Gasteiger partial charge in [-0.25, -0.2) is 0 Å². The Kier molecular flexibility index (Phi) is 5.16. The largest absolute Gasteiger partial charge is 0.306 e. The summed E-state index contributed by atoms with van der Waals surface area (Å²) in [6.45, 7) is 7.19. The van der Waals surface area contributed by atoms with Crippen molar-refractivity contribution in [2.75, 3.05) is 6.16 Å². The molecule has 30 heavy (non-hydrogen) atoms. The van der Waals surface area contributed by atoms with Crippen molar-refractivity contribution < 1.29 is 0 Å². The SMILES string of the molecule is C[Si](C)(C)N=PCCCC(C12CC3CC(CC(C3)C1)C2)C12CC3CC(CC(C3)C1)C2. The predicted molar refractivity (Wildman–Crippen MR) is 131 cm³/mol. The second kappa shape index (κ2) is 7.41. The lowest BCUT2D eigenvalue weighted by atomic mass is 9.38. The third kappa shape index (κ3) is 3.72. The van der Waals surface area contributed by atoms with Crippen molar-refractivity contribution >= 4 is 16.6 Å². The molecule has 0 aliphatic heterocycles. The van der Waals surface area contributed by atoms with Crippen molar-refractivity contribution in [3.8, 4) is 0 Å². The van der Waals surface area contributed by atoms with E-state index in [0.717, 1.165) is 52.3 Å². The first-order valence-corrected chi connectivity index (χ1v) is 18.2. The monoisotopic (exact) mass is 443 g/mol. The van der Waals surface area contributed by atoms with Crippen molar-refractivity contribution in [3.05, 3.63) is 0 Å². The van der Waals surface area contributed by atoms with Crippen molar-refractivity contribution in [3.63, 3.8) is 0 Å². The molecule has 0 spiro atoms. The van der Waals surface area contributed by atoms with Gasteiger partial charge in [0.1, 0.15) is 0 Å². The molecule has 0 N–H and O–H groups in total. The van der Waals surface area contributed by atoms with Gasteiger partial charge in [-0.3, -0.25) is 0 Å². The van der Waals surface area contributed by atoms with Crippen LogP contribution in [0.1, 0.15) is 89.9 Å². The zero-order valence-corrected chi connectivity index (χ0v) is 21.9. The van der Waals surface area contributed by atoms with Gasteiger partial charge in [-0.1, -0.05) is 0 Å². The van der Waals surface area contributed by atoms with Crippen LogP contribution in [0.15, 0.2) is 4.41 Å². The third-order valence-corrected chi connectivity index (χ3v) is 14.3. The Morgan fingerprint density at radius 3 is 1.40 bits per heavy atom. The smallest absolute Gasteiger partial charge is 0.178 e. The van der Waals surface area contributed by atoms with Crippen LogP contribution >= 0.6 is 8.37 Å². The molecule has 8 aliphatic carbocycles. The second-order valence-corrected chi connectivity index (χ2v) is 20.3. The number of hydrogen-bond acceptors (Lipinski definition) is 1. The van der Waals surface area contributed by atoms with Crippen LogP contribution < -0.4 is 0 Å². The van der Waals surface area contributed by atoms with Gasteiger partial charge < -0.3 is 4.41 Å². The molecule has 0 aromatic rings. The molecule has 3 heteroatoms. The van der Waals surface area contributed by atoms with Gasteiger partial charge in [0.15, 0.2) is 8.24 Å². The van der Waals surface area contributed by atoms with E-state index in [1.807, 2.05) is 0 Å². The summed E-state index contributed by atoms with van der Waals surface area (Å²) in [6.07, 6.45) is 23.9. The average molecular weight is 444 g/mol. The van der Waals surface area contributed by atoms with Gasteiger partial charge in [0.2, 0.25) is 0 Å². The van der Waals surface area contributed by atoms with Gasteiger partial charge >= 0.3 is 0 Å². The van der Waals surface area contributed by atoms with E-state index >= 15 is 0 Å². The van der Waals surface area contributed by atoms with Crippen molar-refractivity contribution in [2.24, 2.45) is 56.7 Å². The average Bonchev–Trinajstić information content (AvgIpc) is 2.61. The summed E-state index contributed by atoms with van der Waals surface area (Å²) in [4.78, 5) is 0. The lowest BCUT2D eigenvalue weighted by Crippen LogP contribution is -2.58. The van der Waals surface area contributed by atoms with Crippen LogP contribution in [-0.2, 0) is 0 Å². The predicted octanol–water partition coefficient (Wildman–Crippen LogP) is 8.78. The van der Waals surface area contributed by atoms with Gasteiger partial charge in [-0.05, 0) is 170 Å². The molecule has 8 rings (SSSR count). The molecule has 168 valence electrons. The minimum absolute atomic E-state index is 0.771. The molecule has 0 aromatic heterocycles. The summed E-state index contributed by atoms with van der Waals surface area (Å²) >= 11 is 0. The maximum atomic E-state index is 5.05. The normalized spacial score (nSPS) is 50.0. The summed E-state index contributed by atoms with van der Waals surface area (Å²) in [5.41, 5.74) is 1.54. The van der Waals surface area contributed by atoms with Gasteiger partial charge in [0.25, 0.3) is 0 Å². The minimum Gasteiger partial charge on any atom is -0.306 e. The lowest BCUT2D eigenvalue weighted by Gasteiger charge is -2.67. The first-order valence-electron chi connectivity index (χ1n) is 13.7. The van der Waals surface area contributed by atoms with Crippen LogP contribution in [-0.4, -0.2) is 14.4 Å². The van der Waals surface area contributed by atoms with Crippen molar-refractivity contribution in [1.29, 1.82) is 0 Å². The Hall–Kier alpha value is 0.317. The maximum Gasteiger partial charge on any atom is 0.178 e. The molecule has 8 saturated carbocycles. The molecular weight excluding hydrogens is 397 g/mol. The molecule has 0 heterocycles. The van der Waals surface area contributed by atoms with E-state index in [0.29, 0.717) is 0 Å². The van der Waals surface area contributed by atoms with Crippen LogP contribution in [0.3, 0.4) is 0 Å². The number of rotatable bonds is 7. The van der Waals surface area contributed by atoms with Crippen LogP contribution in [0.5, 0.6) is 0 Å². The van der Waals surface area contributed by atoms with E-state index in [1.165, 1.54) is 21.0 Å². The van der Waals surface area contributed by atoms with Crippen molar-refractivity contribution in [1.82, 2.24) is 0 Å². The van der Waals surface area contributed by atoms with Crippen molar-refractivity contribution in [2.45, 2.75) is 110 Å². The van der Waals surface area contributed by atoms with E-state index in [2.05, 4.69) is 19.6 Å². The molecule has 8 bridgehead atoms. The molecule has 8 aliphatic rings. The standard InChI is InChI=1S/C27H46NPSi/c1-30(2,3)28-29-6-4-5-25(26-13-19-7-20(14-26)9-21(8-19)15-26)27-16-22-10-23(17-27)12-24(11-22)18-27/h19-25H,4-18H2,1-3H3. The molecule has 8 fully saturated rings. The van der Waals surface area contributed by atoms with Crippen LogP contribution in [0.25, 0.3) is 0 Å². The molecule has 0 radical (unpaired) electrons. The Morgan fingerprint density at radius 1 is 0.700 bits per heavy atom. The quantitative estimate of drug-likeness (QED) is 0.212. The summed E-state index contributed by atoms with van der Waals surface area (Å²) in [7, 11) is 0.183. The first kappa shape index (κ1) is 20.9. The highest BCUT2D eigenvalue weighted by Gasteiger charge is 2.62. The summed E-state index contributed by atoms with van der Waals surface area (Å²) in [5, 5.41) is 0. The van der Waals surface area contributed by atoms with Gasteiger partial charge in [0.05, 0.1) is 0 Å². The third-order valence-electron chi connectivity index (χ3n) is 10.8. The molecule has 0 unspecified atom stereocenters. The summed E-state index contributed by atoms with van der Waals surface area (Å²) in [6, 6.07) is 0. The summed E-state index contributed by atoms with van der Waals surface area (Å²) < 4.78 is 5.05. The number of nitrogens with zero attached hydrogens (tertiary/aromatic N) is 1. The molecular formula is C27H46NPSi. The van der Waals surface area contributed by atoms with E-state index in [4.69, 9.17) is 4.41 Å². The van der Waals surface area contributed by atoms with E-state index in [1.54, 1.807) is 83.5 Å². The van der Waals surface area contributed by atoms with Crippen LogP contribution in [0.2, 0.25) is 19.6 Å². The molecule has 0 aromatic carbocycles. The van der Waals surface area contributed by atoms with Crippen LogP contribution in [0, 0.1) is 52.3 Å². The van der Waals surface area contributed by atoms with Gasteiger partial charge in [-0.15, -0.1) is 0 Å². The van der Waals surface area contributed by atoms with Crippen LogP contribution in [0.4, 0.5) is 0 Å². The lowest BCUT2D eigenvalue weighted by molar-refractivity contribution is -0.174. The highest BCUT2D eigenvalue weighted by atomic mass is 31.1. The Morgan fingerprint density at radius 2 is 1.07 bits per heavy atom. The van der Waals surface area contributed by atoms with Gasteiger partial charge in [0, 0.05) is 6.16 Å². The molecule has 0 saturated heterocycles.